The molecule has 1 fully saturated rings. The van der Waals surface area contributed by atoms with Crippen molar-refractivity contribution in [2.24, 2.45) is 0 Å². The van der Waals surface area contributed by atoms with Crippen LogP contribution in [0.1, 0.15) is 10.4 Å². The lowest BCUT2D eigenvalue weighted by atomic mass is 10.1. The van der Waals surface area contributed by atoms with Crippen molar-refractivity contribution >= 4 is 23.3 Å². The van der Waals surface area contributed by atoms with Crippen molar-refractivity contribution in [2.45, 2.75) is 6.04 Å². The Kier molecular flexibility index (Phi) is 3.52. The molecule has 1 amide bonds. The summed E-state index contributed by atoms with van der Waals surface area (Å²) < 4.78 is 0. The number of carbonyl (C=O) groups is 1. The SMILES string of the molecule is O=C(c1cccc(Cl)c1)N1CC(Nc2cccnn2)C1. The Bertz CT molecular complexity index is 614. The van der Waals surface area contributed by atoms with E-state index in [1.165, 1.54) is 0 Å². The van der Waals surface area contributed by atoms with Gasteiger partial charge in [0, 0.05) is 29.9 Å². The number of rotatable bonds is 3. The zero-order valence-corrected chi connectivity index (χ0v) is 11.4. The van der Waals surface area contributed by atoms with Crippen LogP contribution in [-0.4, -0.2) is 40.1 Å². The van der Waals surface area contributed by atoms with Crippen LogP contribution in [0.5, 0.6) is 0 Å². The molecule has 0 saturated carbocycles. The standard InChI is InChI=1S/C14H13ClN4O/c15-11-4-1-3-10(7-11)14(20)19-8-12(9-19)17-13-5-2-6-16-18-13/h1-7,12H,8-9H2,(H,17,18). The Balaban J connectivity index is 1.56. The lowest BCUT2D eigenvalue weighted by molar-refractivity contribution is 0.0625. The minimum absolute atomic E-state index is 0.00435. The predicted molar refractivity (Wildman–Crippen MR) is 76.8 cm³/mol. The van der Waals surface area contributed by atoms with E-state index in [9.17, 15) is 4.79 Å². The van der Waals surface area contributed by atoms with Gasteiger partial charge in [0.15, 0.2) is 0 Å². The number of hydrogen-bond acceptors (Lipinski definition) is 4. The van der Waals surface area contributed by atoms with Gasteiger partial charge in [-0.2, -0.15) is 5.10 Å². The average molecular weight is 289 g/mol. The van der Waals surface area contributed by atoms with Crippen LogP contribution in [0.2, 0.25) is 5.02 Å². The lowest BCUT2D eigenvalue weighted by Gasteiger charge is -2.39. The van der Waals surface area contributed by atoms with Crippen molar-refractivity contribution in [1.29, 1.82) is 0 Å². The van der Waals surface area contributed by atoms with E-state index in [0.717, 1.165) is 5.82 Å². The third kappa shape index (κ3) is 2.72. The first-order chi connectivity index (χ1) is 9.72. The van der Waals surface area contributed by atoms with Gasteiger partial charge in [-0.3, -0.25) is 4.79 Å². The Labute approximate surface area is 121 Å². The maximum atomic E-state index is 12.2. The van der Waals surface area contributed by atoms with Crippen LogP contribution in [0.15, 0.2) is 42.6 Å². The first-order valence-electron chi connectivity index (χ1n) is 6.31. The molecular formula is C14H13ClN4O. The highest BCUT2D eigenvalue weighted by Gasteiger charge is 2.31. The second-order valence-corrected chi connectivity index (χ2v) is 5.11. The van der Waals surface area contributed by atoms with Gasteiger partial charge in [0.2, 0.25) is 0 Å². The van der Waals surface area contributed by atoms with Gasteiger partial charge in [-0.05, 0) is 30.3 Å². The summed E-state index contributed by atoms with van der Waals surface area (Å²) in [5.74, 6) is 0.733. The van der Waals surface area contributed by atoms with Crippen LogP contribution in [0.4, 0.5) is 5.82 Å². The molecule has 102 valence electrons. The van der Waals surface area contributed by atoms with Gasteiger partial charge in [0.05, 0.1) is 6.04 Å². The Morgan fingerprint density at radius 2 is 2.15 bits per heavy atom. The number of carbonyl (C=O) groups excluding carboxylic acids is 1. The zero-order chi connectivity index (χ0) is 13.9. The third-order valence-corrected chi connectivity index (χ3v) is 3.40. The Morgan fingerprint density at radius 1 is 1.30 bits per heavy atom. The Morgan fingerprint density at radius 3 is 2.85 bits per heavy atom. The molecule has 5 nitrogen and oxygen atoms in total. The van der Waals surface area contributed by atoms with E-state index in [-0.39, 0.29) is 11.9 Å². The summed E-state index contributed by atoms with van der Waals surface area (Å²) in [6.07, 6.45) is 1.63. The fraction of sp³-hybridized carbons (Fsp3) is 0.214. The summed E-state index contributed by atoms with van der Waals surface area (Å²) in [6, 6.07) is 10.9. The van der Waals surface area contributed by atoms with E-state index < -0.39 is 0 Å². The van der Waals surface area contributed by atoms with Gasteiger partial charge in [-0.1, -0.05) is 17.7 Å². The van der Waals surface area contributed by atoms with Crippen LogP contribution in [0.25, 0.3) is 0 Å². The monoisotopic (exact) mass is 288 g/mol. The highest BCUT2D eigenvalue weighted by molar-refractivity contribution is 6.30. The number of benzene rings is 1. The summed E-state index contributed by atoms with van der Waals surface area (Å²) in [5, 5.41) is 11.6. The minimum atomic E-state index is 0.00435. The maximum absolute atomic E-state index is 12.2. The van der Waals surface area contributed by atoms with Gasteiger partial charge in [0.1, 0.15) is 5.82 Å². The van der Waals surface area contributed by atoms with Crippen molar-refractivity contribution < 1.29 is 4.79 Å². The van der Waals surface area contributed by atoms with Gasteiger partial charge in [0.25, 0.3) is 5.91 Å². The topological polar surface area (TPSA) is 58.1 Å². The van der Waals surface area contributed by atoms with Crippen molar-refractivity contribution in [3.63, 3.8) is 0 Å². The molecular weight excluding hydrogens is 276 g/mol. The highest BCUT2D eigenvalue weighted by Crippen LogP contribution is 2.18. The molecule has 2 aromatic rings. The number of nitrogens with one attached hydrogen (secondary N) is 1. The number of amides is 1. The van der Waals surface area contributed by atoms with Crippen LogP contribution < -0.4 is 5.32 Å². The summed E-state index contributed by atoms with van der Waals surface area (Å²) >= 11 is 5.89. The second kappa shape index (κ2) is 5.46. The summed E-state index contributed by atoms with van der Waals surface area (Å²) in [5.41, 5.74) is 0.621. The molecule has 2 heterocycles. The van der Waals surface area contributed by atoms with E-state index in [1.54, 1.807) is 35.4 Å². The molecule has 0 unspecified atom stereocenters. The van der Waals surface area contributed by atoms with Gasteiger partial charge >= 0.3 is 0 Å². The van der Waals surface area contributed by atoms with Crippen LogP contribution in [0, 0.1) is 0 Å². The van der Waals surface area contributed by atoms with Crippen LogP contribution in [0.3, 0.4) is 0 Å². The molecule has 1 aliphatic rings. The molecule has 6 heteroatoms. The minimum Gasteiger partial charge on any atom is -0.362 e. The van der Waals surface area contributed by atoms with Gasteiger partial charge in [-0.25, -0.2) is 0 Å². The number of anilines is 1. The number of nitrogens with zero attached hydrogens (tertiary/aromatic N) is 3. The molecule has 0 atom stereocenters. The van der Waals surface area contributed by atoms with E-state index in [1.807, 2.05) is 12.1 Å². The molecule has 1 aromatic carbocycles. The molecule has 1 aliphatic heterocycles. The second-order valence-electron chi connectivity index (χ2n) is 4.67. The van der Waals surface area contributed by atoms with Gasteiger partial charge in [-0.15, -0.1) is 5.10 Å². The Hall–Kier alpha value is -2.14. The first kappa shape index (κ1) is 12.9. The molecule has 20 heavy (non-hydrogen) atoms. The summed E-state index contributed by atoms with van der Waals surface area (Å²) in [4.78, 5) is 14.0. The van der Waals surface area contributed by atoms with E-state index in [0.29, 0.717) is 23.7 Å². The molecule has 1 aromatic heterocycles. The summed E-state index contributed by atoms with van der Waals surface area (Å²) in [6.45, 7) is 1.31. The largest absolute Gasteiger partial charge is 0.362 e. The van der Waals surface area contributed by atoms with E-state index in [2.05, 4.69) is 15.5 Å². The zero-order valence-electron chi connectivity index (χ0n) is 10.7. The number of hydrogen-bond donors (Lipinski definition) is 1. The third-order valence-electron chi connectivity index (χ3n) is 3.16. The number of likely N-dealkylation sites (tertiary alicyclic amines) is 1. The fourth-order valence-electron chi connectivity index (χ4n) is 2.13. The van der Waals surface area contributed by atoms with Gasteiger partial charge < -0.3 is 10.2 Å². The molecule has 1 N–H and O–H groups in total. The van der Waals surface area contributed by atoms with Crippen LogP contribution >= 0.6 is 11.6 Å². The molecule has 0 radical (unpaired) electrons. The lowest BCUT2D eigenvalue weighted by Crippen LogP contribution is -2.57. The average Bonchev–Trinajstić information content (AvgIpc) is 2.43. The molecule has 1 saturated heterocycles. The maximum Gasteiger partial charge on any atom is 0.254 e. The smallest absolute Gasteiger partial charge is 0.254 e. The summed E-state index contributed by atoms with van der Waals surface area (Å²) in [7, 11) is 0. The van der Waals surface area contributed by atoms with E-state index >= 15 is 0 Å². The number of aromatic nitrogens is 2. The molecule has 0 aliphatic carbocycles. The normalized spacial score (nSPS) is 14.8. The first-order valence-corrected chi connectivity index (χ1v) is 6.69. The quantitative estimate of drug-likeness (QED) is 0.939. The van der Waals surface area contributed by atoms with E-state index in [4.69, 9.17) is 11.6 Å². The molecule has 0 bridgehead atoms. The van der Waals surface area contributed by atoms with Crippen LogP contribution in [-0.2, 0) is 0 Å². The van der Waals surface area contributed by atoms with Crippen molar-refractivity contribution in [2.75, 3.05) is 18.4 Å². The van der Waals surface area contributed by atoms with Crippen molar-refractivity contribution in [1.82, 2.24) is 15.1 Å². The number of halogens is 1. The fourth-order valence-corrected chi connectivity index (χ4v) is 2.32. The van der Waals surface area contributed by atoms with Crippen molar-refractivity contribution in [3.05, 3.63) is 53.2 Å². The molecule has 0 spiro atoms. The predicted octanol–water partition coefficient (Wildman–Crippen LogP) is 2.07. The van der Waals surface area contributed by atoms with Crippen molar-refractivity contribution in [3.8, 4) is 0 Å². The highest BCUT2D eigenvalue weighted by atomic mass is 35.5. The molecule has 3 rings (SSSR count).